The fourth-order valence-electron chi connectivity index (χ4n) is 0.955. The van der Waals surface area contributed by atoms with Gasteiger partial charge in [-0.1, -0.05) is 30.3 Å². The summed E-state index contributed by atoms with van der Waals surface area (Å²) in [5.41, 5.74) is 6.30. The molecule has 0 spiro atoms. The van der Waals surface area contributed by atoms with Crippen LogP contribution in [0.25, 0.3) is 0 Å². The summed E-state index contributed by atoms with van der Waals surface area (Å²) in [6.07, 6.45) is 0.385. The number of aliphatic carboxylic acids is 1. The first-order valence-electron chi connectivity index (χ1n) is 3.72. The molecule has 0 saturated heterocycles. The van der Waals surface area contributed by atoms with Crippen molar-refractivity contribution in [2.24, 2.45) is 5.73 Å². The van der Waals surface area contributed by atoms with Gasteiger partial charge < -0.3 is 10.8 Å². The molecule has 0 aliphatic heterocycles. The van der Waals surface area contributed by atoms with Gasteiger partial charge in [0, 0.05) is 0 Å². The van der Waals surface area contributed by atoms with Gasteiger partial charge in [0.25, 0.3) is 0 Å². The molecule has 0 aliphatic rings. The number of carbonyl (C=O) groups is 1. The van der Waals surface area contributed by atoms with Crippen LogP contribution in [0, 0.1) is 0 Å². The van der Waals surface area contributed by atoms with Crippen molar-refractivity contribution in [2.75, 3.05) is 0 Å². The van der Waals surface area contributed by atoms with Crippen molar-refractivity contribution in [3.63, 3.8) is 0 Å². The zero-order valence-corrected chi connectivity index (χ0v) is 8.29. The van der Waals surface area contributed by atoms with E-state index in [0.717, 1.165) is 5.56 Å². The molecule has 1 aromatic rings. The Morgan fingerprint density at radius 1 is 1.38 bits per heavy atom. The van der Waals surface area contributed by atoms with Gasteiger partial charge in [0.1, 0.15) is 6.04 Å². The Hall–Kier alpha value is -0.818. The Morgan fingerprint density at radius 2 is 1.92 bits per heavy atom. The van der Waals surface area contributed by atoms with E-state index in [1.165, 1.54) is 0 Å². The summed E-state index contributed by atoms with van der Waals surface area (Å²) in [6.45, 7) is 0. The number of hydrogen-bond donors (Lipinski definition) is 2. The SMILES string of the molecule is N[C@@H](Cc1ccccc1)C(=O)O.[Cr+3]. The molecule has 0 heterocycles. The van der Waals surface area contributed by atoms with E-state index in [1.54, 1.807) is 0 Å². The predicted octanol–water partition coefficient (Wildman–Crippen LogP) is 0.639. The first-order chi connectivity index (χ1) is 5.70. The van der Waals surface area contributed by atoms with Crippen molar-refractivity contribution in [1.82, 2.24) is 0 Å². The third-order valence-electron chi connectivity index (χ3n) is 1.62. The average Bonchev–Trinajstić information content (AvgIpc) is 2.06. The maximum Gasteiger partial charge on any atom is 3.00 e. The van der Waals surface area contributed by atoms with Crippen LogP contribution in [0.3, 0.4) is 0 Å². The molecule has 0 saturated carbocycles. The van der Waals surface area contributed by atoms with E-state index in [4.69, 9.17) is 10.8 Å². The van der Waals surface area contributed by atoms with Gasteiger partial charge in [-0.15, -0.1) is 0 Å². The van der Waals surface area contributed by atoms with E-state index in [1.807, 2.05) is 30.3 Å². The number of nitrogens with two attached hydrogens (primary N) is 1. The minimum absolute atomic E-state index is 0. The van der Waals surface area contributed by atoms with E-state index in [2.05, 4.69) is 0 Å². The van der Waals surface area contributed by atoms with Crippen molar-refractivity contribution in [1.29, 1.82) is 0 Å². The summed E-state index contributed by atoms with van der Waals surface area (Å²) in [5.74, 6) is -0.959. The Labute approximate surface area is 87.7 Å². The van der Waals surface area contributed by atoms with Crippen LogP contribution >= 0.6 is 0 Å². The minimum atomic E-state index is -0.959. The summed E-state index contributed by atoms with van der Waals surface area (Å²) in [6, 6.07) is 8.54. The molecule has 0 aromatic heterocycles. The topological polar surface area (TPSA) is 63.3 Å². The summed E-state index contributed by atoms with van der Waals surface area (Å²) >= 11 is 0. The molecule has 1 radical (unpaired) electrons. The van der Waals surface area contributed by atoms with Gasteiger partial charge in [-0.2, -0.15) is 0 Å². The first kappa shape index (κ1) is 12.2. The van der Waals surface area contributed by atoms with Crippen molar-refractivity contribution in [2.45, 2.75) is 12.5 Å². The maximum atomic E-state index is 10.4. The molecule has 0 amide bonds. The monoisotopic (exact) mass is 217 g/mol. The fourth-order valence-corrected chi connectivity index (χ4v) is 0.955. The molecular formula is C9H11CrNO2+3. The normalized spacial score (nSPS) is 11.5. The van der Waals surface area contributed by atoms with Gasteiger partial charge in [-0.05, 0) is 12.0 Å². The number of carboxylic acid groups (broad SMARTS) is 1. The Balaban J connectivity index is 0.00000144. The van der Waals surface area contributed by atoms with Crippen molar-refractivity contribution >= 4 is 5.97 Å². The Morgan fingerprint density at radius 3 is 2.38 bits per heavy atom. The average molecular weight is 217 g/mol. The Bertz CT molecular complexity index is 264. The zero-order chi connectivity index (χ0) is 8.97. The summed E-state index contributed by atoms with van der Waals surface area (Å²) in [5, 5.41) is 8.52. The number of hydrogen-bond acceptors (Lipinski definition) is 2. The molecule has 0 bridgehead atoms. The van der Waals surface area contributed by atoms with Crippen LogP contribution in [0.1, 0.15) is 5.56 Å². The van der Waals surface area contributed by atoms with E-state index in [-0.39, 0.29) is 17.4 Å². The molecule has 13 heavy (non-hydrogen) atoms. The molecule has 1 atom stereocenters. The molecule has 3 N–H and O–H groups in total. The first-order valence-corrected chi connectivity index (χ1v) is 3.72. The Kier molecular flexibility index (Phi) is 5.40. The smallest absolute Gasteiger partial charge is 0.480 e. The van der Waals surface area contributed by atoms with Crippen molar-refractivity contribution < 1.29 is 27.3 Å². The molecule has 4 heteroatoms. The molecule has 0 aliphatic carbocycles. The molecule has 3 nitrogen and oxygen atoms in total. The van der Waals surface area contributed by atoms with Gasteiger partial charge in [-0.25, -0.2) is 0 Å². The van der Waals surface area contributed by atoms with Crippen LogP contribution in [0.4, 0.5) is 0 Å². The number of rotatable bonds is 3. The van der Waals surface area contributed by atoms with Crippen LogP contribution in [0.2, 0.25) is 0 Å². The minimum Gasteiger partial charge on any atom is -0.480 e. The standard InChI is InChI=1S/C9H11NO2.Cr/c10-8(9(11)12)6-7-4-2-1-3-5-7;/h1-5,8H,6,10H2,(H,11,12);/q;+3/t8-;/m0./s1. The predicted molar refractivity (Wildman–Crippen MR) is 45.8 cm³/mol. The van der Waals surface area contributed by atoms with Crippen LogP contribution in [-0.2, 0) is 28.6 Å². The molecule has 1 aromatic carbocycles. The largest absolute Gasteiger partial charge is 3.00 e. The maximum absolute atomic E-state index is 10.4. The molecule has 0 unspecified atom stereocenters. The van der Waals surface area contributed by atoms with E-state index in [0.29, 0.717) is 6.42 Å². The number of carboxylic acids is 1. The van der Waals surface area contributed by atoms with Gasteiger partial charge in [0.2, 0.25) is 0 Å². The van der Waals surface area contributed by atoms with Gasteiger partial charge in [0.15, 0.2) is 0 Å². The molecule has 67 valence electrons. The van der Waals surface area contributed by atoms with E-state index in [9.17, 15) is 4.79 Å². The summed E-state index contributed by atoms with van der Waals surface area (Å²) in [7, 11) is 0. The van der Waals surface area contributed by atoms with E-state index < -0.39 is 12.0 Å². The fraction of sp³-hybridized carbons (Fsp3) is 0.222. The quantitative estimate of drug-likeness (QED) is 0.780. The van der Waals surface area contributed by atoms with Gasteiger partial charge in [-0.3, -0.25) is 4.79 Å². The molecular weight excluding hydrogens is 206 g/mol. The van der Waals surface area contributed by atoms with Crippen LogP contribution in [0.15, 0.2) is 30.3 Å². The molecule has 0 fully saturated rings. The number of benzene rings is 1. The second-order valence-corrected chi connectivity index (χ2v) is 2.63. The van der Waals surface area contributed by atoms with Gasteiger partial charge >= 0.3 is 23.3 Å². The van der Waals surface area contributed by atoms with Crippen LogP contribution in [0.5, 0.6) is 0 Å². The summed E-state index contributed by atoms with van der Waals surface area (Å²) < 4.78 is 0. The van der Waals surface area contributed by atoms with Crippen molar-refractivity contribution in [3.05, 3.63) is 35.9 Å². The zero-order valence-electron chi connectivity index (χ0n) is 7.01. The van der Waals surface area contributed by atoms with Crippen molar-refractivity contribution in [3.8, 4) is 0 Å². The molecule has 1 rings (SSSR count). The van der Waals surface area contributed by atoms with Gasteiger partial charge in [0.05, 0.1) is 0 Å². The van der Waals surface area contributed by atoms with E-state index >= 15 is 0 Å². The third-order valence-corrected chi connectivity index (χ3v) is 1.62. The third kappa shape index (κ3) is 4.09. The second kappa shape index (κ2) is 5.76. The summed E-state index contributed by atoms with van der Waals surface area (Å²) in [4.78, 5) is 10.4. The van der Waals surface area contributed by atoms with Crippen LogP contribution in [-0.4, -0.2) is 17.1 Å². The van der Waals surface area contributed by atoms with Crippen LogP contribution < -0.4 is 5.73 Å². The second-order valence-electron chi connectivity index (χ2n) is 2.63.